The number of nitrogens with zero attached hydrogens (tertiary/aromatic N) is 1. The van der Waals surface area contributed by atoms with Crippen LogP contribution < -0.4 is 5.32 Å². The summed E-state index contributed by atoms with van der Waals surface area (Å²) in [7, 11) is 0. The third kappa shape index (κ3) is 4.57. The molecule has 0 spiro atoms. The van der Waals surface area contributed by atoms with Crippen molar-refractivity contribution in [3.05, 3.63) is 34.8 Å². The molecule has 2 aromatic rings. The second-order valence-electron chi connectivity index (χ2n) is 7.59. The molecule has 0 aliphatic carbocycles. The number of carbonyl (C=O) groups is 1. The highest BCUT2D eigenvalue weighted by atomic mass is 32.1. The minimum Gasteiger partial charge on any atom is -0.462 e. The highest BCUT2D eigenvalue weighted by Gasteiger charge is 2.30. The molecule has 4 nitrogen and oxygen atoms in total. The van der Waals surface area contributed by atoms with E-state index in [2.05, 4.69) is 54.0 Å². The maximum absolute atomic E-state index is 9.60. The SMILES string of the molecule is CC(C)(C)OC=O.Cc1ccc(-c2cc3c(cn2)C(C)(C)CN3)s1. The first-order valence-corrected chi connectivity index (χ1v) is 8.87. The van der Waals surface area contributed by atoms with Crippen molar-refractivity contribution in [1.82, 2.24) is 4.98 Å². The Morgan fingerprint density at radius 2 is 2.04 bits per heavy atom. The lowest BCUT2D eigenvalue weighted by Gasteiger charge is -2.16. The minimum atomic E-state index is -0.318. The Kier molecular flexibility index (Phi) is 5.33. The lowest BCUT2D eigenvalue weighted by Crippen LogP contribution is -2.18. The number of rotatable bonds is 2. The predicted octanol–water partition coefficient (Wildman–Crippen LogP) is 4.78. The van der Waals surface area contributed by atoms with E-state index in [1.807, 2.05) is 27.0 Å². The van der Waals surface area contributed by atoms with Gasteiger partial charge in [-0.25, -0.2) is 0 Å². The number of pyridine rings is 1. The number of hydrogen-bond donors (Lipinski definition) is 1. The van der Waals surface area contributed by atoms with E-state index < -0.39 is 0 Å². The first kappa shape index (κ1) is 18.5. The van der Waals surface area contributed by atoms with Gasteiger partial charge < -0.3 is 10.1 Å². The van der Waals surface area contributed by atoms with Gasteiger partial charge in [-0.05, 0) is 45.9 Å². The van der Waals surface area contributed by atoms with Crippen LogP contribution in [0.1, 0.15) is 45.1 Å². The number of thiophene rings is 1. The first-order valence-electron chi connectivity index (χ1n) is 8.05. The van der Waals surface area contributed by atoms with Crippen molar-refractivity contribution in [3.8, 4) is 10.6 Å². The summed E-state index contributed by atoms with van der Waals surface area (Å²) in [5.41, 5.74) is 3.53. The van der Waals surface area contributed by atoms with Crippen molar-refractivity contribution in [2.24, 2.45) is 0 Å². The molecule has 24 heavy (non-hydrogen) atoms. The van der Waals surface area contributed by atoms with Crippen molar-refractivity contribution in [2.45, 2.75) is 52.6 Å². The molecule has 0 atom stereocenters. The summed E-state index contributed by atoms with van der Waals surface area (Å²) in [6.07, 6.45) is 2.03. The number of nitrogens with one attached hydrogen (secondary N) is 1. The van der Waals surface area contributed by atoms with E-state index in [1.165, 1.54) is 21.0 Å². The second kappa shape index (κ2) is 6.93. The summed E-state index contributed by atoms with van der Waals surface area (Å²) in [5.74, 6) is 0. The average molecular weight is 346 g/mol. The molecule has 0 saturated carbocycles. The maximum Gasteiger partial charge on any atom is 0.293 e. The normalized spacial score (nSPS) is 14.9. The van der Waals surface area contributed by atoms with Crippen LogP contribution >= 0.6 is 11.3 Å². The zero-order valence-electron chi connectivity index (χ0n) is 15.3. The summed E-state index contributed by atoms with van der Waals surface area (Å²) in [4.78, 5) is 16.8. The number of aryl methyl sites for hydroxylation is 1. The van der Waals surface area contributed by atoms with Gasteiger partial charge in [-0.15, -0.1) is 11.3 Å². The fourth-order valence-electron chi connectivity index (χ4n) is 2.40. The smallest absolute Gasteiger partial charge is 0.293 e. The Balaban J connectivity index is 0.000000256. The molecule has 1 aliphatic rings. The summed E-state index contributed by atoms with van der Waals surface area (Å²) >= 11 is 1.80. The van der Waals surface area contributed by atoms with E-state index >= 15 is 0 Å². The molecule has 130 valence electrons. The van der Waals surface area contributed by atoms with E-state index in [4.69, 9.17) is 0 Å². The fraction of sp³-hybridized carbons (Fsp3) is 0.474. The van der Waals surface area contributed by atoms with Gasteiger partial charge in [0.2, 0.25) is 0 Å². The Morgan fingerprint density at radius 1 is 1.33 bits per heavy atom. The molecule has 3 heterocycles. The molecule has 0 bridgehead atoms. The number of carbonyl (C=O) groups excluding carboxylic acids is 1. The Hall–Kier alpha value is -1.88. The van der Waals surface area contributed by atoms with Gasteiger partial charge in [0.25, 0.3) is 6.47 Å². The standard InChI is InChI=1S/C14H16N2S.C5H10O2/c1-9-4-5-13(17-9)12-6-11-10(7-15-12)14(2,3)8-16-11;1-5(2,3)7-4-6/h4-7,16H,8H2,1-3H3;4H,1-3H3. The molecule has 1 N–H and O–H groups in total. The number of fused-ring (bicyclic) bond motifs is 1. The van der Waals surface area contributed by atoms with Crippen LogP contribution in [-0.4, -0.2) is 23.6 Å². The molecule has 0 amide bonds. The van der Waals surface area contributed by atoms with Crippen LogP contribution in [0.25, 0.3) is 10.6 Å². The van der Waals surface area contributed by atoms with Crippen LogP contribution in [0.3, 0.4) is 0 Å². The van der Waals surface area contributed by atoms with Crippen molar-refractivity contribution in [3.63, 3.8) is 0 Å². The van der Waals surface area contributed by atoms with Crippen LogP contribution in [0, 0.1) is 6.92 Å². The Morgan fingerprint density at radius 3 is 2.54 bits per heavy atom. The van der Waals surface area contributed by atoms with Gasteiger partial charge in [-0.3, -0.25) is 9.78 Å². The third-order valence-corrected chi connectivity index (χ3v) is 4.77. The minimum absolute atomic E-state index is 0.201. The maximum atomic E-state index is 9.60. The lowest BCUT2D eigenvalue weighted by molar-refractivity contribution is -0.138. The van der Waals surface area contributed by atoms with E-state index in [0.717, 1.165) is 12.2 Å². The third-order valence-electron chi connectivity index (χ3n) is 3.75. The highest BCUT2D eigenvalue weighted by molar-refractivity contribution is 7.15. The van der Waals surface area contributed by atoms with Gasteiger partial charge in [0.1, 0.15) is 5.60 Å². The average Bonchev–Trinajstić information content (AvgIpc) is 3.02. The second-order valence-corrected chi connectivity index (χ2v) is 8.88. The predicted molar refractivity (Wildman–Crippen MR) is 101 cm³/mol. The summed E-state index contributed by atoms with van der Waals surface area (Å²) < 4.78 is 4.55. The van der Waals surface area contributed by atoms with Crippen LogP contribution in [0.15, 0.2) is 24.4 Å². The van der Waals surface area contributed by atoms with Crippen LogP contribution in [0.5, 0.6) is 0 Å². The molecule has 2 aromatic heterocycles. The molecule has 3 rings (SSSR count). The van der Waals surface area contributed by atoms with Gasteiger partial charge in [-0.1, -0.05) is 13.8 Å². The van der Waals surface area contributed by atoms with E-state index in [0.29, 0.717) is 6.47 Å². The van der Waals surface area contributed by atoms with Crippen LogP contribution in [0.2, 0.25) is 0 Å². The molecule has 1 aliphatic heterocycles. The van der Waals surface area contributed by atoms with Crippen LogP contribution in [0.4, 0.5) is 5.69 Å². The zero-order chi connectivity index (χ0) is 18.0. The molecular formula is C19H26N2O2S. The van der Waals surface area contributed by atoms with Crippen molar-refractivity contribution >= 4 is 23.5 Å². The summed E-state index contributed by atoms with van der Waals surface area (Å²) in [5, 5.41) is 3.47. The van der Waals surface area contributed by atoms with E-state index in [1.54, 1.807) is 11.3 Å². The Bertz CT molecular complexity index is 714. The monoisotopic (exact) mass is 346 g/mol. The summed E-state index contributed by atoms with van der Waals surface area (Å²) in [6.45, 7) is 13.6. The van der Waals surface area contributed by atoms with Crippen molar-refractivity contribution in [1.29, 1.82) is 0 Å². The quantitative estimate of drug-likeness (QED) is 0.795. The molecule has 0 unspecified atom stereocenters. The van der Waals surface area contributed by atoms with Gasteiger partial charge >= 0.3 is 0 Å². The molecule has 0 aromatic carbocycles. The van der Waals surface area contributed by atoms with Gasteiger partial charge in [0, 0.05) is 34.3 Å². The van der Waals surface area contributed by atoms with E-state index in [-0.39, 0.29) is 11.0 Å². The van der Waals surface area contributed by atoms with Gasteiger partial charge in [-0.2, -0.15) is 0 Å². The highest BCUT2D eigenvalue weighted by Crippen LogP contribution is 2.38. The lowest BCUT2D eigenvalue weighted by atomic mass is 9.88. The first-order chi connectivity index (χ1) is 11.1. The molecule has 0 saturated heterocycles. The fourth-order valence-corrected chi connectivity index (χ4v) is 3.24. The molecule has 5 heteroatoms. The van der Waals surface area contributed by atoms with Gasteiger partial charge in [0.15, 0.2) is 0 Å². The van der Waals surface area contributed by atoms with E-state index in [9.17, 15) is 4.79 Å². The van der Waals surface area contributed by atoms with Crippen LogP contribution in [-0.2, 0) is 14.9 Å². The summed E-state index contributed by atoms with van der Waals surface area (Å²) in [6, 6.07) is 6.47. The zero-order valence-corrected chi connectivity index (χ0v) is 16.1. The van der Waals surface area contributed by atoms with Crippen molar-refractivity contribution < 1.29 is 9.53 Å². The topological polar surface area (TPSA) is 51.2 Å². The molecule has 0 fully saturated rings. The number of hydrogen-bond acceptors (Lipinski definition) is 5. The Labute approximate surface area is 148 Å². The number of aromatic nitrogens is 1. The molecule has 0 radical (unpaired) electrons. The van der Waals surface area contributed by atoms with Crippen molar-refractivity contribution in [2.75, 3.05) is 11.9 Å². The number of ether oxygens (including phenoxy) is 1. The molecular weight excluding hydrogens is 320 g/mol. The van der Waals surface area contributed by atoms with Gasteiger partial charge in [0.05, 0.1) is 10.6 Å². The number of anilines is 1. The largest absolute Gasteiger partial charge is 0.462 e.